The first kappa shape index (κ1) is 14.1. The van der Waals surface area contributed by atoms with Crippen molar-refractivity contribution in [3.8, 4) is 11.3 Å². The average Bonchev–Trinajstić information content (AvgIpc) is 2.87. The van der Waals surface area contributed by atoms with Crippen molar-refractivity contribution in [2.24, 2.45) is 0 Å². The minimum absolute atomic E-state index is 0.0960. The molecule has 0 bridgehead atoms. The Labute approximate surface area is 119 Å². The van der Waals surface area contributed by atoms with Gasteiger partial charge in [0, 0.05) is 31.8 Å². The summed E-state index contributed by atoms with van der Waals surface area (Å²) in [6.45, 7) is 0. The van der Waals surface area contributed by atoms with Crippen LogP contribution in [0, 0.1) is 10.1 Å². The Balaban J connectivity index is 2.44. The van der Waals surface area contributed by atoms with Crippen LogP contribution in [0.4, 0.5) is 5.69 Å². The van der Waals surface area contributed by atoms with Gasteiger partial charge in [-0.25, -0.2) is 0 Å². The van der Waals surface area contributed by atoms with Crippen molar-refractivity contribution in [3.05, 3.63) is 51.2 Å². The molecule has 7 heteroatoms. The summed E-state index contributed by atoms with van der Waals surface area (Å²) in [6.07, 6.45) is 0. The predicted octanol–water partition coefficient (Wildman–Crippen LogP) is 3.21. The molecule has 0 saturated carbocycles. The van der Waals surface area contributed by atoms with E-state index in [4.69, 9.17) is 16.0 Å². The lowest BCUT2D eigenvalue weighted by molar-refractivity contribution is -0.384. The number of rotatable bonds is 3. The molecule has 0 aliphatic carbocycles. The van der Waals surface area contributed by atoms with Gasteiger partial charge < -0.3 is 9.32 Å². The summed E-state index contributed by atoms with van der Waals surface area (Å²) in [5.41, 5.74) is 0.278. The monoisotopic (exact) mass is 294 g/mol. The van der Waals surface area contributed by atoms with Crippen LogP contribution in [-0.2, 0) is 0 Å². The third kappa shape index (κ3) is 2.65. The van der Waals surface area contributed by atoms with Crippen LogP contribution in [0.25, 0.3) is 11.3 Å². The van der Waals surface area contributed by atoms with Crippen LogP contribution >= 0.6 is 11.6 Å². The molecule has 104 valence electrons. The van der Waals surface area contributed by atoms with E-state index in [1.54, 1.807) is 20.2 Å². The van der Waals surface area contributed by atoms with Crippen LogP contribution in [0.1, 0.15) is 10.6 Å². The van der Waals surface area contributed by atoms with Crippen molar-refractivity contribution in [1.29, 1.82) is 0 Å². The average molecular weight is 295 g/mol. The standard InChI is InChI=1S/C13H11ClN2O4/c1-15(2)13(17)12-6-5-11(20-12)9-7-8(16(18)19)3-4-10(9)14/h3-7H,1-2H3. The van der Waals surface area contributed by atoms with E-state index in [0.717, 1.165) is 0 Å². The van der Waals surface area contributed by atoms with Crippen molar-refractivity contribution >= 4 is 23.2 Å². The third-order valence-corrected chi connectivity index (χ3v) is 2.98. The van der Waals surface area contributed by atoms with Gasteiger partial charge >= 0.3 is 0 Å². The molecular formula is C13H11ClN2O4. The van der Waals surface area contributed by atoms with E-state index >= 15 is 0 Å². The molecule has 1 amide bonds. The van der Waals surface area contributed by atoms with E-state index < -0.39 is 4.92 Å². The quantitative estimate of drug-likeness (QED) is 0.643. The highest BCUT2D eigenvalue weighted by atomic mass is 35.5. The number of nitrogens with zero attached hydrogens (tertiary/aromatic N) is 2. The number of halogens is 1. The summed E-state index contributed by atoms with van der Waals surface area (Å²) in [7, 11) is 3.20. The normalized spacial score (nSPS) is 10.3. The van der Waals surface area contributed by atoms with Crippen LogP contribution < -0.4 is 0 Å². The number of hydrogen-bond acceptors (Lipinski definition) is 4. The molecule has 0 aliphatic rings. The molecular weight excluding hydrogens is 284 g/mol. The SMILES string of the molecule is CN(C)C(=O)c1ccc(-c2cc([N+](=O)[O-])ccc2Cl)o1. The van der Waals surface area contributed by atoms with Gasteiger partial charge in [-0.2, -0.15) is 0 Å². The van der Waals surface area contributed by atoms with Crippen molar-refractivity contribution in [3.63, 3.8) is 0 Å². The van der Waals surface area contributed by atoms with Gasteiger partial charge in [0.05, 0.1) is 9.95 Å². The van der Waals surface area contributed by atoms with Gasteiger partial charge in [0.15, 0.2) is 5.76 Å². The smallest absolute Gasteiger partial charge is 0.289 e. The van der Waals surface area contributed by atoms with Gasteiger partial charge in [0.25, 0.3) is 11.6 Å². The second kappa shape index (κ2) is 5.34. The summed E-state index contributed by atoms with van der Waals surface area (Å²) < 4.78 is 5.41. The lowest BCUT2D eigenvalue weighted by Crippen LogP contribution is -2.20. The molecule has 0 radical (unpaired) electrons. The molecule has 2 aromatic rings. The molecule has 6 nitrogen and oxygen atoms in total. The second-order valence-corrected chi connectivity index (χ2v) is 4.69. The maximum Gasteiger partial charge on any atom is 0.289 e. The summed E-state index contributed by atoms with van der Waals surface area (Å²) in [4.78, 5) is 23.4. The first-order valence-corrected chi connectivity index (χ1v) is 6.03. The number of nitro benzene ring substituents is 1. The zero-order chi connectivity index (χ0) is 14.9. The summed E-state index contributed by atoms with van der Waals surface area (Å²) in [5.74, 6) is 0.161. The highest BCUT2D eigenvalue weighted by molar-refractivity contribution is 6.33. The Morgan fingerprint density at radius 3 is 2.60 bits per heavy atom. The largest absolute Gasteiger partial charge is 0.451 e. The molecule has 0 N–H and O–H groups in total. The zero-order valence-electron chi connectivity index (χ0n) is 10.8. The summed E-state index contributed by atoms with van der Waals surface area (Å²) >= 11 is 6.01. The predicted molar refractivity (Wildman–Crippen MR) is 73.8 cm³/mol. The molecule has 0 unspecified atom stereocenters. The van der Waals surface area contributed by atoms with Gasteiger partial charge in [0.2, 0.25) is 0 Å². The van der Waals surface area contributed by atoms with Crippen LogP contribution in [-0.4, -0.2) is 29.8 Å². The number of carbonyl (C=O) groups excluding carboxylic acids is 1. The Bertz CT molecular complexity index is 679. The number of furan rings is 1. The van der Waals surface area contributed by atoms with Gasteiger partial charge in [-0.1, -0.05) is 11.6 Å². The number of hydrogen-bond donors (Lipinski definition) is 0. The van der Waals surface area contributed by atoms with Crippen LogP contribution in [0.5, 0.6) is 0 Å². The Hall–Kier alpha value is -2.34. The number of amides is 1. The van der Waals surface area contributed by atoms with Gasteiger partial charge in [-0.3, -0.25) is 14.9 Å². The first-order chi connectivity index (χ1) is 9.40. The molecule has 0 atom stereocenters. The zero-order valence-corrected chi connectivity index (χ0v) is 11.5. The van der Waals surface area contributed by atoms with E-state index in [1.807, 2.05) is 0 Å². The Kier molecular flexibility index (Phi) is 3.76. The van der Waals surface area contributed by atoms with Gasteiger partial charge in [-0.05, 0) is 18.2 Å². The minimum atomic E-state index is -0.519. The third-order valence-electron chi connectivity index (χ3n) is 2.65. The molecule has 20 heavy (non-hydrogen) atoms. The number of nitro groups is 1. The molecule has 1 aromatic heterocycles. The fourth-order valence-electron chi connectivity index (χ4n) is 1.63. The van der Waals surface area contributed by atoms with Crippen molar-refractivity contribution < 1.29 is 14.1 Å². The van der Waals surface area contributed by atoms with Crippen LogP contribution in [0.3, 0.4) is 0 Å². The molecule has 0 fully saturated rings. The fraction of sp³-hybridized carbons (Fsp3) is 0.154. The molecule has 2 rings (SSSR count). The van der Waals surface area contributed by atoms with Crippen molar-refractivity contribution in [1.82, 2.24) is 4.90 Å². The lowest BCUT2D eigenvalue weighted by Gasteiger charge is -2.07. The molecule has 0 aliphatic heterocycles. The van der Waals surface area contributed by atoms with E-state index in [-0.39, 0.29) is 17.4 Å². The van der Waals surface area contributed by atoms with Crippen LogP contribution in [0.15, 0.2) is 34.7 Å². The van der Waals surface area contributed by atoms with Crippen molar-refractivity contribution in [2.75, 3.05) is 14.1 Å². The van der Waals surface area contributed by atoms with E-state index in [1.165, 1.54) is 29.2 Å². The summed E-state index contributed by atoms with van der Waals surface area (Å²) in [6, 6.07) is 7.10. The number of non-ortho nitro benzene ring substituents is 1. The minimum Gasteiger partial charge on any atom is -0.451 e. The molecule has 0 spiro atoms. The highest BCUT2D eigenvalue weighted by Gasteiger charge is 2.17. The maximum absolute atomic E-state index is 11.7. The Morgan fingerprint density at radius 2 is 2.00 bits per heavy atom. The fourth-order valence-corrected chi connectivity index (χ4v) is 1.84. The maximum atomic E-state index is 11.7. The Morgan fingerprint density at radius 1 is 1.30 bits per heavy atom. The van der Waals surface area contributed by atoms with Gasteiger partial charge in [0.1, 0.15) is 5.76 Å². The topological polar surface area (TPSA) is 76.6 Å². The molecule has 0 saturated heterocycles. The first-order valence-electron chi connectivity index (χ1n) is 5.66. The highest BCUT2D eigenvalue weighted by Crippen LogP contribution is 2.32. The number of carbonyl (C=O) groups is 1. The van der Waals surface area contributed by atoms with E-state index in [0.29, 0.717) is 16.3 Å². The second-order valence-electron chi connectivity index (χ2n) is 4.28. The van der Waals surface area contributed by atoms with E-state index in [9.17, 15) is 14.9 Å². The van der Waals surface area contributed by atoms with Gasteiger partial charge in [-0.15, -0.1) is 0 Å². The van der Waals surface area contributed by atoms with Crippen molar-refractivity contribution in [2.45, 2.75) is 0 Å². The summed E-state index contributed by atoms with van der Waals surface area (Å²) in [5, 5.41) is 11.1. The molecule has 1 aromatic carbocycles. The van der Waals surface area contributed by atoms with Crippen LogP contribution in [0.2, 0.25) is 5.02 Å². The molecule has 1 heterocycles. The van der Waals surface area contributed by atoms with E-state index in [2.05, 4.69) is 0 Å². The number of benzene rings is 1. The lowest BCUT2D eigenvalue weighted by atomic mass is 10.1.